The zero-order valence-electron chi connectivity index (χ0n) is 10.7. The van der Waals surface area contributed by atoms with Crippen molar-refractivity contribution >= 4 is 5.69 Å². The zero-order chi connectivity index (χ0) is 14.1. The van der Waals surface area contributed by atoms with Crippen molar-refractivity contribution in [3.63, 3.8) is 0 Å². The first-order chi connectivity index (χ1) is 9.65. The van der Waals surface area contributed by atoms with E-state index in [1.807, 2.05) is 0 Å². The molecule has 0 radical (unpaired) electrons. The summed E-state index contributed by atoms with van der Waals surface area (Å²) in [7, 11) is 0. The maximum atomic E-state index is 13.5. The van der Waals surface area contributed by atoms with Gasteiger partial charge in [-0.3, -0.25) is 0 Å². The summed E-state index contributed by atoms with van der Waals surface area (Å²) >= 11 is 0. The summed E-state index contributed by atoms with van der Waals surface area (Å²) in [6.07, 6.45) is 1.58. The summed E-state index contributed by atoms with van der Waals surface area (Å²) in [6.45, 7) is 1.69. The molecule has 3 rings (SSSR count). The van der Waals surface area contributed by atoms with E-state index in [2.05, 4.69) is 15.1 Å². The van der Waals surface area contributed by atoms with Gasteiger partial charge in [0.25, 0.3) is 5.89 Å². The van der Waals surface area contributed by atoms with Crippen LogP contribution < -0.4 is 5.73 Å². The number of hydrogen-bond acceptors (Lipinski definition) is 5. The molecule has 6 heteroatoms. The normalized spacial score (nSPS) is 10.7. The van der Waals surface area contributed by atoms with Crippen molar-refractivity contribution in [2.45, 2.75) is 6.92 Å². The Morgan fingerprint density at radius 2 is 2.10 bits per heavy atom. The van der Waals surface area contributed by atoms with E-state index in [0.717, 1.165) is 0 Å². The molecule has 0 amide bonds. The van der Waals surface area contributed by atoms with Crippen LogP contribution in [0.25, 0.3) is 23.0 Å². The van der Waals surface area contributed by atoms with E-state index in [4.69, 9.17) is 10.3 Å². The van der Waals surface area contributed by atoms with Gasteiger partial charge < -0.3 is 10.3 Å². The van der Waals surface area contributed by atoms with Gasteiger partial charge in [0.1, 0.15) is 5.82 Å². The van der Waals surface area contributed by atoms with Crippen LogP contribution in [-0.4, -0.2) is 15.1 Å². The lowest BCUT2D eigenvalue weighted by Gasteiger charge is -1.98. The standard InChI is InChI=1S/C14H11FN4O/c1-8-4-5-9(7-10(8)15)13-18-14(20-19-13)12-11(16)3-2-6-17-12/h2-7H,16H2,1H3. The minimum Gasteiger partial charge on any atom is -0.397 e. The third-order valence-electron chi connectivity index (χ3n) is 2.90. The average molecular weight is 270 g/mol. The number of hydrogen-bond donors (Lipinski definition) is 1. The van der Waals surface area contributed by atoms with Gasteiger partial charge in [-0.25, -0.2) is 9.37 Å². The second kappa shape index (κ2) is 4.73. The molecule has 0 fully saturated rings. The molecule has 2 heterocycles. The molecule has 3 aromatic rings. The Morgan fingerprint density at radius 3 is 2.85 bits per heavy atom. The maximum absolute atomic E-state index is 13.5. The highest BCUT2D eigenvalue weighted by molar-refractivity contribution is 5.67. The number of nitrogens with zero attached hydrogens (tertiary/aromatic N) is 3. The number of nitrogen functional groups attached to an aromatic ring is 1. The molecular weight excluding hydrogens is 259 g/mol. The van der Waals surface area contributed by atoms with Crippen molar-refractivity contribution in [1.29, 1.82) is 0 Å². The monoisotopic (exact) mass is 270 g/mol. The van der Waals surface area contributed by atoms with Crippen LogP contribution in [0.5, 0.6) is 0 Å². The Bertz CT molecular complexity index is 769. The van der Waals surface area contributed by atoms with Crippen LogP contribution in [0.4, 0.5) is 10.1 Å². The first kappa shape index (κ1) is 12.3. The second-order valence-electron chi connectivity index (χ2n) is 4.33. The van der Waals surface area contributed by atoms with Crippen LogP contribution in [-0.2, 0) is 0 Å². The molecule has 0 aliphatic heterocycles. The van der Waals surface area contributed by atoms with Gasteiger partial charge >= 0.3 is 0 Å². The van der Waals surface area contributed by atoms with Gasteiger partial charge in [0, 0.05) is 11.8 Å². The average Bonchev–Trinajstić information content (AvgIpc) is 2.92. The molecule has 0 unspecified atom stereocenters. The predicted molar refractivity (Wildman–Crippen MR) is 72.1 cm³/mol. The number of aromatic nitrogens is 3. The number of anilines is 1. The van der Waals surface area contributed by atoms with Crippen molar-refractivity contribution in [1.82, 2.24) is 15.1 Å². The van der Waals surface area contributed by atoms with Crippen LogP contribution in [0.2, 0.25) is 0 Å². The highest BCUT2D eigenvalue weighted by Crippen LogP contribution is 2.25. The minimum absolute atomic E-state index is 0.207. The lowest BCUT2D eigenvalue weighted by molar-refractivity contribution is 0.431. The van der Waals surface area contributed by atoms with Crippen LogP contribution >= 0.6 is 0 Å². The van der Waals surface area contributed by atoms with Gasteiger partial charge in [-0.15, -0.1) is 0 Å². The molecule has 0 aliphatic carbocycles. The molecule has 5 nitrogen and oxygen atoms in total. The van der Waals surface area contributed by atoms with E-state index in [9.17, 15) is 4.39 Å². The molecule has 20 heavy (non-hydrogen) atoms. The topological polar surface area (TPSA) is 77.8 Å². The van der Waals surface area contributed by atoms with Crippen LogP contribution in [0.15, 0.2) is 41.1 Å². The number of halogens is 1. The molecule has 0 saturated heterocycles. The number of nitrogens with two attached hydrogens (primary N) is 1. The van der Waals surface area contributed by atoms with Gasteiger partial charge in [0.15, 0.2) is 5.69 Å². The van der Waals surface area contributed by atoms with Crippen LogP contribution in [0.3, 0.4) is 0 Å². The number of pyridine rings is 1. The lowest BCUT2D eigenvalue weighted by atomic mass is 10.1. The number of rotatable bonds is 2. The third kappa shape index (κ3) is 2.11. The molecule has 0 spiro atoms. The predicted octanol–water partition coefficient (Wildman–Crippen LogP) is 2.83. The first-order valence-corrected chi connectivity index (χ1v) is 5.96. The van der Waals surface area contributed by atoms with Crippen LogP contribution in [0.1, 0.15) is 5.56 Å². The van der Waals surface area contributed by atoms with E-state index in [0.29, 0.717) is 28.3 Å². The molecule has 100 valence electrons. The highest BCUT2D eigenvalue weighted by atomic mass is 19.1. The van der Waals surface area contributed by atoms with Gasteiger partial charge in [0.2, 0.25) is 5.82 Å². The molecule has 2 N–H and O–H groups in total. The molecule has 0 aliphatic rings. The quantitative estimate of drug-likeness (QED) is 0.774. The third-order valence-corrected chi connectivity index (χ3v) is 2.90. The van der Waals surface area contributed by atoms with Gasteiger partial charge in [-0.1, -0.05) is 17.3 Å². The fourth-order valence-corrected chi connectivity index (χ4v) is 1.77. The zero-order valence-corrected chi connectivity index (χ0v) is 10.7. The van der Waals surface area contributed by atoms with Crippen LogP contribution in [0, 0.1) is 12.7 Å². The van der Waals surface area contributed by atoms with Gasteiger partial charge in [-0.05, 0) is 30.7 Å². The van der Waals surface area contributed by atoms with E-state index in [1.165, 1.54) is 6.07 Å². The van der Waals surface area contributed by atoms with Crippen molar-refractivity contribution in [2.24, 2.45) is 0 Å². The maximum Gasteiger partial charge on any atom is 0.278 e. The number of benzene rings is 1. The van der Waals surface area contributed by atoms with E-state index in [-0.39, 0.29) is 11.7 Å². The molecule has 0 bridgehead atoms. The van der Waals surface area contributed by atoms with E-state index in [1.54, 1.807) is 37.4 Å². The van der Waals surface area contributed by atoms with E-state index < -0.39 is 0 Å². The van der Waals surface area contributed by atoms with Crippen molar-refractivity contribution < 1.29 is 8.91 Å². The molecule has 1 aromatic carbocycles. The molecule has 0 atom stereocenters. The van der Waals surface area contributed by atoms with E-state index >= 15 is 0 Å². The van der Waals surface area contributed by atoms with Crippen molar-refractivity contribution in [2.75, 3.05) is 5.73 Å². The fraction of sp³-hybridized carbons (Fsp3) is 0.0714. The van der Waals surface area contributed by atoms with Gasteiger partial charge in [-0.2, -0.15) is 4.98 Å². The fourth-order valence-electron chi connectivity index (χ4n) is 1.77. The molecule has 0 saturated carbocycles. The smallest absolute Gasteiger partial charge is 0.278 e. The molecular formula is C14H11FN4O. The van der Waals surface area contributed by atoms with Crippen molar-refractivity contribution in [3.8, 4) is 23.0 Å². The Hall–Kier alpha value is -2.76. The minimum atomic E-state index is -0.314. The summed E-state index contributed by atoms with van der Waals surface area (Å²) in [5.74, 6) is 0.189. The first-order valence-electron chi connectivity index (χ1n) is 5.96. The summed E-state index contributed by atoms with van der Waals surface area (Å²) < 4.78 is 18.7. The Morgan fingerprint density at radius 1 is 1.25 bits per heavy atom. The highest BCUT2D eigenvalue weighted by Gasteiger charge is 2.14. The molecule has 2 aromatic heterocycles. The SMILES string of the molecule is Cc1ccc(-c2noc(-c3ncccc3N)n2)cc1F. The largest absolute Gasteiger partial charge is 0.397 e. The summed E-state index contributed by atoms with van der Waals surface area (Å²) in [5.41, 5.74) is 7.75. The summed E-state index contributed by atoms with van der Waals surface area (Å²) in [4.78, 5) is 8.29. The lowest BCUT2D eigenvalue weighted by Crippen LogP contribution is -1.92. The Kier molecular flexibility index (Phi) is 2.90. The Balaban J connectivity index is 2.02. The number of aryl methyl sites for hydroxylation is 1. The van der Waals surface area contributed by atoms with Crippen molar-refractivity contribution in [3.05, 3.63) is 47.9 Å². The van der Waals surface area contributed by atoms with Gasteiger partial charge in [0.05, 0.1) is 5.69 Å². The Labute approximate surface area is 114 Å². The second-order valence-corrected chi connectivity index (χ2v) is 4.33. The summed E-state index contributed by atoms with van der Waals surface area (Å²) in [6, 6.07) is 8.17. The summed E-state index contributed by atoms with van der Waals surface area (Å²) in [5, 5.41) is 3.83.